The van der Waals surface area contributed by atoms with Gasteiger partial charge in [-0.1, -0.05) is 49.1 Å². The van der Waals surface area contributed by atoms with Gasteiger partial charge in [0.2, 0.25) is 0 Å². The molecule has 1 spiro atoms. The van der Waals surface area contributed by atoms with Crippen molar-refractivity contribution in [2.75, 3.05) is 6.61 Å². The summed E-state index contributed by atoms with van der Waals surface area (Å²) in [6.07, 6.45) is 6.67. The van der Waals surface area contributed by atoms with Crippen molar-refractivity contribution in [3.05, 3.63) is 60.7 Å². The van der Waals surface area contributed by atoms with E-state index in [-0.39, 0.29) is 18.2 Å². The summed E-state index contributed by atoms with van der Waals surface area (Å²) in [5.74, 6) is -0.173. The standard InChI is InChI=1S/C19H20O4/c1-2-19-9-8-15(22-13-14-6-4-3-5-7-14)16(23-19)12-18(19)10-11-21-17(18)20/h2-9,15-16H,1,10-13H2/t15-,16?,18+,19+/m0/s1. The summed E-state index contributed by atoms with van der Waals surface area (Å²) in [4.78, 5) is 12.4. The van der Waals surface area contributed by atoms with Gasteiger partial charge in [-0.2, -0.15) is 0 Å². The van der Waals surface area contributed by atoms with Crippen LogP contribution in [0.4, 0.5) is 0 Å². The fourth-order valence-corrected chi connectivity index (χ4v) is 3.99. The molecule has 0 aliphatic carbocycles. The van der Waals surface area contributed by atoms with E-state index in [1.54, 1.807) is 6.08 Å². The summed E-state index contributed by atoms with van der Waals surface area (Å²) < 4.78 is 17.5. The Hall–Kier alpha value is -1.91. The number of hydrogen-bond donors (Lipinski definition) is 0. The van der Waals surface area contributed by atoms with Crippen LogP contribution in [0.25, 0.3) is 0 Å². The lowest BCUT2D eigenvalue weighted by Crippen LogP contribution is -2.46. The van der Waals surface area contributed by atoms with Crippen LogP contribution in [0.15, 0.2) is 55.1 Å². The molecule has 23 heavy (non-hydrogen) atoms. The van der Waals surface area contributed by atoms with E-state index >= 15 is 0 Å². The molecule has 2 bridgehead atoms. The van der Waals surface area contributed by atoms with Crippen LogP contribution in [0.3, 0.4) is 0 Å². The van der Waals surface area contributed by atoms with E-state index in [9.17, 15) is 4.79 Å². The molecule has 1 aromatic carbocycles. The number of carbonyl (C=O) groups is 1. The van der Waals surface area contributed by atoms with Gasteiger partial charge in [0.25, 0.3) is 0 Å². The Morgan fingerprint density at radius 2 is 2.17 bits per heavy atom. The first kappa shape index (κ1) is 14.7. The van der Waals surface area contributed by atoms with E-state index in [4.69, 9.17) is 14.2 Å². The van der Waals surface area contributed by atoms with Gasteiger partial charge < -0.3 is 14.2 Å². The molecule has 1 aromatic rings. The lowest BCUT2D eigenvalue weighted by atomic mass is 9.70. The Balaban J connectivity index is 1.55. The molecule has 3 heterocycles. The van der Waals surface area contributed by atoms with Gasteiger partial charge in [-0.25, -0.2) is 0 Å². The van der Waals surface area contributed by atoms with Gasteiger partial charge in [0.15, 0.2) is 0 Å². The van der Waals surface area contributed by atoms with Gasteiger partial charge in [-0.15, -0.1) is 0 Å². The Bertz CT molecular complexity index is 653. The molecule has 4 heteroatoms. The number of esters is 1. The first-order chi connectivity index (χ1) is 11.2. The Labute approximate surface area is 135 Å². The van der Waals surface area contributed by atoms with Crippen molar-refractivity contribution >= 4 is 5.97 Å². The van der Waals surface area contributed by atoms with E-state index in [0.29, 0.717) is 26.1 Å². The van der Waals surface area contributed by atoms with Gasteiger partial charge in [-0.05, 0) is 18.1 Å². The highest BCUT2D eigenvalue weighted by molar-refractivity contribution is 5.82. The van der Waals surface area contributed by atoms with Crippen LogP contribution in [0.1, 0.15) is 18.4 Å². The van der Waals surface area contributed by atoms with Crippen LogP contribution in [0.2, 0.25) is 0 Å². The highest BCUT2D eigenvalue weighted by Gasteiger charge is 2.66. The minimum absolute atomic E-state index is 0.146. The summed E-state index contributed by atoms with van der Waals surface area (Å²) >= 11 is 0. The fraction of sp³-hybridized carbons (Fsp3) is 0.421. The first-order valence-electron chi connectivity index (χ1n) is 8.03. The van der Waals surface area contributed by atoms with Crippen molar-refractivity contribution in [2.45, 2.75) is 37.3 Å². The average Bonchev–Trinajstić information content (AvgIpc) is 3.08. The summed E-state index contributed by atoms with van der Waals surface area (Å²) in [5, 5.41) is 0. The predicted molar refractivity (Wildman–Crippen MR) is 84.6 cm³/mol. The number of carbonyl (C=O) groups excluding carboxylic acids is 1. The Morgan fingerprint density at radius 1 is 1.35 bits per heavy atom. The van der Waals surface area contributed by atoms with Gasteiger partial charge in [0, 0.05) is 6.42 Å². The number of ether oxygens (including phenoxy) is 3. The number of cyclic esters (lactones) is 1. The molecule has 0 radical (unpaired) electrons. The van der Waals surface area contributed by atoms with Gasteiger partial charge in [0.05, 0.1) is 19.3 Å². The molecule has 3 aliphatic rings. The van der Waals surface area contributed by atoms with Crippen LogP contribution in [-0.2, 0) is 25.6 Å². The third-order valence-corrected chi connectivity index (χ3v) is 5.29. The minimum Gasteiger partial charge on any atom is -0.465 e. The van der Waals surface area contributed by atoms with Crippen LogP contribution >= 0.6 is 0 Å². The van der Waals surface area contributed by atoms with Gasteiger partial charge >= 0.3 is 5.97 Å². The summed E-state index contributed by atoms with van der Waals surface area (Å²) in [5.41, 5.74) is -0.270. The topological polar surface area (TPSA) is 44.8 Å². The molecule has 3 aliphatic heterocycles. The largest absolute Gasteiger partial charge is 0.465 e. The molecule has 4 rings (SSSR count). The van der Waals surface area contributed by atoms with Crippen molar-refractivity contribution in [1.82, 2.24) is 0 Å². The molecule has 1 unspecified atom stereocenters. The van der Waals surface area contributed by atoms with E-state index in [2.05, 4.69) is 6.58 Å². The quantitative estimate of drug-likeness (QED) is 0.633. The van der Waals surface area contributed by atoms with Crippen LogP contribution < -0.4 is 0 Å². The SMILES string of the molecule is C=C[C@@]12C=C[C@H](OCc3ccccc3)C(C[C@@]13CCOC3=O)O2. The van der Waals surface area contributed by atoms with Crippen molar-refractivity contribution < 1.29 is 19.0 Å². The zero-order valence-electron chi connectivity index (χ0n) is 12.9. The molecule has 0 saturated carbocycles. The molecular formula is C19H20O4. The maximum atomic E-state index is 12.4. The van der Waals surface area contributed by atoms with Crippen molar-refractivity contribution in [2.24, 2.45) is 5.41 Å². The maximum Gasteiger partial charge on any atom is 0.315 e. The molecule has 0 N–H and O–H groups in total. The molecule has 0 aromatic heterocycles. The van der Waals surface area contributed by atoms with Crippen molar-refractivity contribution in [3.8, 4) is 0 Å². The predicted octanol–water partition coefficient (Wildman–Crippen LogP) is 2.79. The molecule has 2 saturated heterocycles. The summed E-state index contributed by atoms with van der Waals surface area (Å²) in [6, 6.07) is 10.0. The normalized spacial score (nSPS) is 38.0. The summed E-state index contributed by atoms with van der Waals surface area (Å²) in [7, 11) is 0. The molecule has 2 fully saturated rings. The number of fused-ring (bicyclic) bond motifs is 3. The van der Waals surface area contributed by atoms with E-state index in [0.717, 1.165) is 5.56 Å². The minimum atomic E-state index is -0.752. The van der Waals surface area contributed by atoms with E-state index in [1.807, 2.05) is 42.5 Å². The molecule has 4 atom stereocenters. The molecule has 4 nitrogen and oxygen atoms in total. The zero-order valence-corrected chi connectivity index (χ0v) is 12.9. The second-order valence-corrected chi connectivity index (χ2v) is 6.45. The highest BCUT2D eigenvalue weighted by Crippen LogP contribution is 2.56. The summed E-state index contributed by atoms with van der Waals surface area (Å²) in [6.45, 7) is 4.88. The van der Waals surface area contributed by atoms with Crippen LogP contribution in [-0.4, -0.2) is 30.4 Å². The highest BCUT2D eigenvalue weighted by atomic mass is 16.6. The second kappa shape index (κ2) is 5.32. The Morgan fingerprint density at radius 3 is 2.87 bits per heavy atom. The number of rotatable bonds is 4. The second-order valence-electron chi connectivity index (χ2n) is 6.45. The average molecular weight is 312 g/mol. The smallest absolute Gasteiger partial charge is 0.315 e. The zero-order chi connectivity index (χ0) is 15.9. The molecular weight excluding hydrogens is 292 g/mol. The van der Waals surface area contributed by atoms with Gasteiger partial charge in [0.1, 0.15) is 17.1 Å². The number of hydrogen-bond acceptors (Lipinski definition) is 4. The Kier molecular flexibility index (Phi) is 3.39. The van der Waals surface area contributed by atoms with Crippen LogP contribution in [0.5, 0.6) is 0 Å². The third kappa shape index (κ3) is 2.09. The first-order valence-corrected chi connectivity index (χ1v) is 8.03. The monoisotopic (exact) mass is 312 g/mol. The maximum absolute atomic E-state index is 12.4. The third-order valence-electron chi connectivity index (χ3n) is 5.29. The van der Waals surface area contributed by atoms with E-state index < -0.39 is 11.0 Å². The lowest BCUT2D eigenvalue weighted by Gasteiger charge is -2.36. The van der Waals surface area contributed by atoms with Crippen molar-refractivity contribution in [1.29, 1.82) is 0 Å². The molecule has 0 amide bonds. The van der Waals surface area contributed by atoms with Crippen LogP contribution in [0, 0.1) is 5.41 Å². The van der Waals surface area contributed by atoms with Crippen molar-refractivity contribution in [3.63, 3.8) is 0 Å². The molecule has 120 valence electrons. The number of benzene rings is 1. The lowest BCUT2D eigenvalue weighted by molar-refractivity contribution is -0.151. The fourth-order valence-electron chi connectivity index (χ4n) is 3.99. The van der Waals surface area contributed by atoms with E-state index in [1.165, 1.54) is 0 Å². The van der Waals surface area contributed by atoms with Gasteiger partial charge in [-0.3, -0.25) is 4.79 Å².